The van der Waals surface area contributed by atoms with E-state index in [1.807, 2.05) is 6.07 Å². The number of β-amino-alcohol motifs (C(OH)–C–C–N with tert-alkyl or cyclic N) is 1. The van der Waals surface area contributed by atoms with Gasteiger partial charge < -0.3 is 10.0 Å². The topological polar surface area (TPSA) is 90.8 Å². The third kappa shape index (κ3) is 2.73. The number of piperidine rings is 1. The molecule has 0 amide bonds. The molecule has 0 aliphatic carbocycles. The lowest BCUT2D eigenvalue weighted by Crippen LogP contribution is -2.46. The average molecular weight is 288 g/mol. The van der Waals surface area contributed by atoms with Crippen LogP contribution in [0.1, 0.15) is 44.1 Å². The molecule has 0 radical (unpaired) electrons. The first-order chi connectivity index (χ1) is 10.1. The minimum atomic E-state index is -0.978. The molecule has 1 aliphatic rings. The number of nitrogens with one attached hydrogen (secondary N) is 1. The van der Waals surface area contributed by atoms with Crippen molar-refractivity contribution in [3.05, 3.63) is 30.0 Å². The normalized spacial score (nSPS) is 22.8. The molecule has 21 heavy (non-hydrogen) atoms. The lowest BCUT2D eigenvalue weighted by molar-refractivity contribution is 0.0174. The quantitative estimate of drug-likeness (QED) is 0.882. The molecule has 1 aliphatic heterocycles. The van der Waals surface area contributed by atoms with E-state index in [1.54, 1.807) is 12.4 Å². The average Bonchev–Trinajstić information content (AvgIpc) is 3.02. The molecular weight excluding hydrogens is 268 g/mol. The number of H-pyrrole nitrogens is 1. The van der Waals surface area contributed by atoms with E-state index in [-0.39, 0.29) is 5.92 Å². The van der Waals surface area contributed by atoms with Crippen LogP contribution in [-0.2, 0) is 5.60 Å². The van der Waals surface area contributed by atoms with Crippen LogP contribution in [0.25, 0.3) is 0 Å². The highest BCUT2D eigenvalue weighted by Gasteiger charge is 2.37. The summed E-state index contributed by atoms with van der Waals surface area (Å²) in [7, 11) is 0. The minimum Gasteiger partial charge on any atom is -0.382 e. The first-order valence-corrected chi connectivity index (χ1v) is 7.25. The molecule has 0 bridgehead atoms. The van der Waals surface area contributed by atoms with Crippen LogP contribution >= 0.6 is 0 Å². The fraction of sp³-hybridized carbons (Fsp3) is 0.571. The maximum absolute atomic E-state index is 10.8. The smallest absolute Gasteiger partial charge is 0.133 e. The number of aromatic amines is 1. The van der Waals surface area contributed by atoms with Crippen molar-refractivity contribution in [2.45, 2.75) is 38.2 Å². The van der Waals surface area contributed by atoms with Crippen LogP contribution in [0.5, 0.6) is 0 Å². The highest BCUT2D eigenvalue weighted by Crippen LogP contribution is 2.31. The fourth-order valence-electron chi connectivity index (χ4n) is 2.68. The van der Waals surface area contributed by atoms with E-state index in [9.17, 15) is 5.11 Å². The predicted octanol–water partition coefficient (Wildman–Crippen LogP) is 1.21. The summed E-state index contributed by atoms with van der Waals surface area (Å²) in [6.45, 7) is 5.48. The maximum atomic E-state index is 10.8. The maximum Gasteiger partial charge on any atom is 0.133 e. The molecule has 2 N–H and O–H groups in total. The van der Waals surface area contributed by atoms with Crippen molar-refractivity contribution in [1.29, 1.82) is 0 Å². The summed E-state index contributed by atoms with van der Waals surface area (Å²) in [5.74, 6) is 1.96. The van der Waals surface area contributed by atoms with Gasteiger partial charge >= 0.3 is 0 Å². The Hall–Kier alpha value is -2.02. The van der Waals surface area contributed by atoms with Gasteiger partial charge in [0.25, 0.3) is 0 Å². The van der Waals surface area contributed by atoms with Gasteiger partial charge in [-0.3, -0.25) is 0 Å². The van der Waals surface area contributed by atoms with Crippen molar-refractivity contribution in [3.63, 3.8) is 0 Å². The standard InChI is InChI=1S/C14H20N6O/c1-10(2)13-15-6-4-12(17-13)20-7-3-5-14(21,9-20)11-8-16-19-18-11/h4,6,8,10,21H,3,5,7,9H2,1-2H3,(H,16,18,19)/t14-/m0/s1. The van der Waals surface area contributed by atoms with Crippen LogP contribution in [0, 0.1) is 0 Å². The third-order valence-electron chi connectivity index (χ3n) is 3.86. The molecule has 7 heteroatoms. The van der Waals surface area contributed by atoms with Gasteiger partial charge in [-0.2, -0.15) is 15.4 Å². The number of hydrogen-bond acceptors (Lipinski definition) is 6. The van der Waals surface area contributed by atoms with Gasteiger partial charge in [0, 0.05) is 18.7 Å². The van der Waals surface area contributed by atoms with Gasteiger partial charge in [0.05, 0.1) is 12.7 Å². The number of aliphatic hydroxyl groups is 1. The van der Waals surface area contributed by atoms with Crippen molar-refractivity contribution in [1.82, 2.24) is 25.4 Å². The molecule has 7 nitrogen and oxygen atoms in total. The van der Waals surface area contributed by atoms with Gasteiger partial charge in [-0.1, -0.05) is 13.8 Å². The van der Waals surface area contributed by atoms with Crippen molar-refractivity contribution in [3.8, 4) is 0 Å². The molecule has 2 aromatic heterocycles. The summed E-state index contributed by atoms with van der Waals surface area (Å²) in [4.78, 5) is 11.0. The van der Waals surface area contributed by atoms with Crippen molar-refractivity contribution in [2.75, 3.05) is 18.0 Å². The molecule has 3 heterocycles. The molecule has 0 saturated carbocycles. The summed E-state index contributed by atoms with van der Waals surface area (Å²) >= 11 is 0. The number of nitrogens with zero attached hydrogens (tertiary/aromatic N) is 5. The lowest BCUT2D eigenvalue weighted by atomic mass is 9.90. The van der Waals surface area contributed by atoms with E-state index in [0.717, 1.165) is 24.6 Å². The van der Waals surface area contributed by atoms with Crippen LogP contribution in [0.3, 0.4) is 0 Å². The zero-order valence-electron chi connectivity index (χ0n) is 12.3. The molecule has 1 saturated heterocycles. The zero-order valence-corrected chi connectivity index (χ0v) is 12.3. The SMILES string of the molecule is CC(C)c1nccc(N2CCC[C@@](O)(c3cn[nH]n3)C2)n1. The van der Waals surface area contributed by atoms with E-state index < -0.39 is 5.60 Å². The molecular formula is C14H20N6O. The van der Waals surface area contributed by atoms with Crippen molar-refractivity contribution >= 4 is 5.82 Å². The first kappa shape index (κ1) is 13.9. The number of hydrogen-bond donors (Lipinski definition) is 2. The van der Waals surface area contributed by atoms with Gasteiger partial charge in [0.15, 0.2) is 0 Å². The Morgan fingerprint density at radius 1 is 1.43 bits per heavy atom. The summed E-state index contributed by atoms with van der Waals surface area (Å²) in [6, 6.07) is 1.89. The van der Waals surface area contributed by atoms with Crippen LogP contribution in [-0.4, -0.2) is 43.6 Å². The van der Waals surface area contributed by atoms with Crippen LogP contribution in [0.15, 0.2) is 18.5 Å². The van der Waals surface area contributed by atoms with Gasteiger partial charge in [0.1, 0.15) is 22.9 Å². The fourth-order valence-corrected chi connectivity index (χ4v) is 2.68. The summed E-state index contributed by atoms with van der Waals surface area (Å²) in [6.07, 6.45) is 4.92. The second-order valence-electron chi connectivity index (χ2n) is 5.84. The predicted molar refractivity (Wildman–Crippen MR) is 77.8 cm³/mol. The Morgan fingerprint density at radius 3 is 3.00 bits per heavy atom. The van der Waals surface area contributed by atoms with E-state index >= 15 is 0 Å². The lowest BCUT2D eigenvalue weighted by Gasteiger charge is -2.38. The molecule has 112 valence electrons. The van der Waals surface area contributed by atoms with Gasteiger partial charge in [-0.15, -0.1) is 0 Å². The molecule has 2 aromatic rings. The zero-order chi connectivity index (χ0) is 14.9. The molecule has 0 aromatic carbocycles. The van der Waals surface area contributed by atoms with Gasteiger partial charge in [-0.25, -0.2) is 9.97 Å². The van der Waals surface area contributed by atoms with Crippen LogP contribution < -0.4 is 4.90 Å². The Balaban J connectivity index is 1.85. The minimum absolute atomic E-state index is 0.282. The Morgan fingerprint density at radius 2 is 2.29 bits per heavy atom. The molecule has 0 spiro atoms. The van der Waals surface area contributed by atoms with E-state index in [1.165, 1.54) is 0 Å². The van der Waals surface area contributed by atoms with E-state index in [0.29, 0.717) is 18.7 Å². The van der Waals surface area contributed by atoms with Gasteiger partial charge in [0.2, 0.25) is 0 Å². The van der Waals surface area contributed by atoms with Crippen LogP contribution in [0.2, 0.25) is 0 Å². The van der Waals surface area contributed by atoms with E-state index in [2.05, 4.69) is 44.1 Å². The second-order valence-corrected chi connectivity index (χ2v) is 5.84. The molecule has 1 atom stereocenters. The van der Waals surface area contributed by atoms with Crippen molar-refractivity contribution < 1.29 is 5.11 Å². The molecule has 3 rings (SSSR count). The Bertz CT molecular complexity index is 599. The third-order valence-corrected chi connectivity index (χ3v) is 3.86. The largest absolute Gasteiger partial charge is 0.382 e. The summed E-state index contributed by atoms with van der Waals surface area (Å²) < 4.78 is 0. The van der Waals surface area contributed by atoms with Crippen molar-refractivity contribution in [2.24, 2.45) is 0 Å². The number of anilines is 1. The highest BCUT2D eigenvalue weighted by molar-refractivity contribution is 5.40. The number of aromatic nitrogens is 5. The highest BCUT2D eigenvalue weighted by atomic mass is 16.3. The monoisotopic (exact) mass is 288 g/mol. The first-order valence-electron chi connectivity index (χ1n) is 7.25. The molecule has 0 unspecified atom stereocenters. The van der Waals surface area contributed by atoms with Gasteiger partial charge in [-0.05, 0) is 18.9 Å². The van der Waals surface area contributed by atoms with E-state index in [4.69, 9.17) is 0 Å². The van der Waals surface area contributed by atoms with Crippen LogP contribution in [0.4, 0.5) is 5.82 Å². The summed E-state index contributed by atoms with van der Waals surface area (Å²) in [5, 5.41) is 21.2. The summed E-state index contributed by atoms with van der Waals surface area (Å²) in [5.41, 5.74) is -0.390. The second kappa shape index (κ2) is 5.40. The number of rotatable bonds is 3. The Kier molecular flexibility index (Phi) is 3.59. The molecule has 1 fully saturated rings. The Labute approximate surface area is 123 Å².